The van der Waals surface area contributed by atoms with Gasteiger partial charge in [0, 0.05) is 22.9 Å². The minimum atomic E-state index is -2.44. The zero-order valence-corrected chi connectivity index (χ0v) is 50.5. The van der Waals surface area contributed by atoms with Crippen molar-refractivity contribution >= 4 is 35.1 Å². The monoisotopic (exact) mass is 1180 g/mol. The molecule has 0 spiro atoms. The molecule has 10 rings (SSSR count). The van der Waals surface area contributed by atoms with E-state index in [2.05, 4.69) is 196 Å². The molecule has 0 saturated heterocycles. The Balaban J connectivity index is 0.000000189. The molecular formula is C68H76Cl2N4O10. The van der Waals surface area contributed by atoms with Gasteiger partial charge in [0.2, 0.25) is 12.7 Å². The van der Waals surface area contributed by atoms with Crippen LogP contribution in [0.4, 0.5) is 0 Å². The van der Waals surface area contributed by atoms with Crippen LogP contribution in [-0.4, -0.2) is 55.7 Å². The summed E-state index contributed by atoms with van der Waals surface area (Å²) < 4.78 is 34.4. The van der Waals surface area contributed by atoms with Crippen molar-refractivity contribution in [1.29, 1.82) is 0 Å². The molecule has 442 valence electrons. The van der Waals surface area contributed by atoms with Crippen LogP contribution in [0.3, 0.4) is 0 Å². The van der Waals surface area contributed by atoms with E-state index in [0.717, 1.165) is 60.6 Å². The third-order valence-corrected chi connectivity index (χ3v) is 15.8. The molecule has 0 fully saturated rings. The lowest BCUT2D eigenvalue weighted by atomic mass is 9.94. The van der Waals surface area contributed by atoms with Gasteiger partial charge in [0.05, 0.1) is 25.2 Å². The molecule has 2 aromatic heterocycles. The standard InChI is InChI=1S/2C32H36ClN2O2.C4H6O6/c2*1-22(2)29-7-5-6-8-30(29)32(36-20-25-10-9-23(3)24(4)15-25)19-35-14-13-34(21-35)18-28-17-26-16-27(33)11-12-31(26)37-28;5-1(3(7)8)2(6)4(9)10/h2*5-16,21-22,28,32H,17-20H2,1-4H3;1-2,5-6H,(H,7,8)(H,9,10)/q2*+1;/p-2. The number of rotatable bonds is 21. The van der Waals surface area contributed by atoms with Crippen LogP contribution < -0.4 is 28.8 Å². The molecule has 0 aliphatic carbocycles. The van der Waals surface area contributed by atoms with Crippen LogP contribution in [0.2, 0.25) is 10.0 Å². The van der Waals surface area contributed by atoms with Crippen LogP contribution in [0.5, 0.6) is 11.5 Å². The van der Waals surface area contributed by atoms with Crippen LogP contribution in [0.1, 0.15) is 119 Å². The number of ether oxygens (including phenoxy) is 4. The number of carboxylic acids is 2. The highest BCUT2D eigenvalue weighted by Crippen LogP contribution is 2.34. The molecule has 84 heavy (non-hydrogen) atoms. The van der Waals surface area contributed by atoms with Crippen LogP contribution in [-0.2, 0) is 71.3 Å². The zero-order valence-electron chi connectivity index (χ0n) is 49.0. The number of imidazole rings is 2. The molecule has 4 heterocycles. The lowest BCUT2D eigenvalue weighted by Crippen LogP contribution is -2.51. The van der Waals surface area contributed by atoms with Gasteiger partial charge in [-0.3, -0.25) is 0 Å². The van der Waals surface area contributed by atoms with Crippen LogP contribution >= 0.6 is 23.2 Å². The van der Waals surface area contributed by atoms with Crippen molar-refractivity contribution in [3.63, 3.8) is 0 Å². The molecule has 0 saturated carbocycles. The summed E-state index contributed by atoms with van der Waals surface area (Å²) >= 11 is 12.3. The fourth-order valence-electron chi connectivity index (χ4n) is 10.5. The first kappa shape index (κ1) is 62.7. The van der Waals surface area contributed by atoms with Gasteiger partial charge >= 0.3 is 0 Å². The average molecular weight is 1180 g/mol. The summed E-state index contributed by atoms with van der Waals surface area (Å²) in [5.41, 5.74) is 15.2. The second-order valence-electron chi connectivity index (χ2n) is 22.5. The first-order valence-electron chi connectivity index (χ1n) is 28.5. The Morgan fingerprint density at radius 1 is 0.560 bits per heavy atom. The van der Waals surface area contributed by atoms with Gasteiger partial charge in [-0.1, -0.05) is 136 Å². The second kappa shape index (κ2) is 29.0. The SMILES string of the molecule is Cc1ccc(COC(C[n+]2ccn(CC3Cc4cc(Cl)ccc4O3)c2)c2ccccc2C(C)C)cc1C.Cc1ccc(COC(C[n+]2ccn(CC3Cc4cc(Cl)ccc4O3)c2)c2ccccc2C(C)C)cc1C.O=C([O-])C(O)C(O)C(=O)[O-]. The van der Waals surface area contributed by atoms with Crippen LogP contribution in [0, 0.1) is 27.7 Å². The Kier molecular flexibility index (Phi) is 21.7. The van der Waals surface area contributed by atoms with Gasteiger partial charge in [-0.15, -0.1) is 0 Å². The number of fused-ring (bicyclic) bond motifs is 2. The summed E-state index contributed by atoms with van der Waals surface area (Å²) in [6, 6.07) is 42.3. The van der Waals surface area contributed by atoms with Crippen molar-refractivity contribution in [2.45, 2.75) is 156 Å². The highest BCUT2D eigenvalue weighted by atomic mass is 35.5. The molecule has 2 aliphatic heterocycles. The number of aromatic nitrogens is 4. The maximum atomic E-state index is 9.63. The summed E-state index contributed by atoms with van der Waals surface area (Å²) in [6.07, 6.45) is 9.76. The first-order valence-corrected chi connectivity index (χ1v) is 29.2. The number of hydrogen-bond donors (Lipinski definition) is 2. The molecule has 2 aliphatic rings. The Morgan fingerprint density at radius 2 is 0.940 bits per heavy atom. The second-order valence-corrected chi connectivity index (χ2v) is 23.4. The summed E-state index contributed by atoms with van der Waals surface area (Å²) in [5.74, 6) is -1.38. The van der Waals surface area contributed by atoms with Gasteiger partial charge in [-0.05, 0) is 143 Å². The van der Waals surface area contributed by atoms with Gasteiger partial charge in [-0.2, -0.15) is 0 Å². The lowest BCUT2D eigenvalue weighted by Gasteiger charge is -2.22. The number of carbonyl (C=O) groups is 2. The summed E-state index contributed by atoms with van der Waals surface area (Å²) in [5, 5.41) is 37.3. The number of benzene rings is 6. The molecule has 0 bridgehead atoms. The molecular weight excluding hydrogens is 1100 g/mol. The van der Waals surface area contributed by atoms with Gasteiger partial charge in [0.15, 0.2) is 0 Å². The van der Waals surface area contributed by atoms with E-state index in [0.29, 0.717) is 25.0 Å². The topological polar surface area (TPSA) is 175 Å². The molecule has 0 amide bonds. The van der Waals surface area contributed by atoms with Crippen molar-refractivity contribution in [2.24, 2.45) is 0 Å². The lowest BCUT2D eigenvalue weighted by molar-refractivity contribution is -0.705. The largest absolute Gasteiger partial charge is 0.547 e. The average Bonchev–Trinajstić information content (AvgIpc) is 4.45. The smallest absolute Gasteiger partial charge is 0.243 e. The predicted octanol–water partition coefficient (Wildman–Crippen LogP) is 9.47. The molecule has 6 aromatic carbocycles. The van der Waals surface area contributed by atoms with Gasteiger partial charge in [0.1, 0.15) is 99.1 Å². The molecule has 6 unspecified atom stereocenters. The van der Waals surface area contributed by atoms with E-state index >= 15 is 0 Å². The fourth-order valence-corrected chi connectivity index (χ4v) is 10.9. The number of nitrogens with zero attached hydrogens (tertiary/aromatic N) is 4. The number of aliphatic hydroxyl groups excluding tert-OH is 2. The quantitative estimate of drug-likeness (QED) is 0.0660. The number of aryl methyl sites for hydroxylation is 4. The van der Waals surface area contributed by atoms with Crippen molar-refractivity contribution in [1.82, 2.24) is 9.13 Å². The fraction of sp³-hybridized carbons (Fsp3) is 0.353. The van der Waals surface area contributed by atoms with Crippen molar-refractivity contribution in [3.8, 4) is 11.5 Å². The highest BCUT2D eigenvalue weighted by molar-refractivity contribution is 6.31. The Bertz CT molecular complexity index is 3290. The van der Waals surface area contributed by atoms with E-state index < -0.39 is 24.1 Å². The number of aliphatic carboxylic acids is 2. The molecule has 16 heteroatoms. The molecule has 8 aromatic rings. The molecule has 0 radical (unpaired) electrons. The number of halogens is 2. The predicted molar refractivity (Wildman–Crippen MR) is 318 cm³/mol. The number of carbonyl (C=O) groups excluding carboxylic acids is 2. The maximum absolute atomic E-state index is 9.63. The summed E-state index contributed by atoms with van der Waals surface area (Å²) in [6.45, 7) is 21.8. The van der Waals surface area contributed by atoms with Gasteiger partial charge in [-0.25, -0.2) is 18.3 Å². The van der Waals surface area contributed by atoms with Gasteiger partial charge in [0.25, 0.3) is 0 Å². The molecule has 2 N–H and O–H groups in total. The Hall–Kier alpha value is -7.30. The first-order chi connectivity index (χ1) is 40.2. The number of hydrogen-bond acceptors (Lipinski definition) is 10. The van der Waals surface area contributed by atoms with E-state index in [4.69, 9.17) is 52.4 Å². The third kappa shape index (κ3) is 17.0. The van der Waals surface area contributed by atoms with E-state index in [1.807, 2.05) is 36.4 Å². The summed E-state index contributed by atoms with van der Waals surface area (Å²) in [7, 11) is 0. The van der Waals surface area contributed by atoms with E-state index in [1.165, 1.54) is 66.8 Å². The van der Waals surface area contributed by atoms with E-state index in [-0.39, 0.29) is 24.4 Å². The van der Waals surface area contributed by atoms with E-state index in [1.54, 1.807) is 0 Å². The zero-order chi connectivity index (χ0) is 60.2. The van der Waals surface area contributed by atoms with Gasteiger partial charge < -0.3 is 49.0 Å². The minimum Gasteiger partial charge on any atom is -0.547 e. The minimum absolute atomic E-state index is 0.0600. The number of carboxylic acid groups (broad SMARTS) is 2. The highest BCUT2D eigenvalue weighted by Gasteiger charge is 2.29. The van der Waals surface area contributed by atoms with Crippen molar-refractivity contribution in [2.75, 3.05) is 0 Å². The third-order valence-electron chi connectivity index (χ3n) is 15.4. The number of aliphatic hydroxyl groups is 2. The van der Waals surface area contributed by atoms with Crippen molar-refractivity contribution < 1.29 is 58.1 Å². The Morgan fingerprint density at radius 3 is 1.30 bits per heavy atom. The van der Waals surface area contributed by atoms with Crippen molar-refractivity contribution in [3.05, 3.63) is 236 Å². The van der Waals surface area contributed by atoms with Crippen LogP contribution in [0.15, 0.2) is 159 Å². The summed E-state index contributed by atoms with van der Waals surface area (Å²) in [4.78, 5) is 19.3. The molecule has 14 nitrogen and oxygen atoms in total. The van der Waals surface area contributed by atoms with E-state index in [9.17, 15) is 19.8 Å². The van der Waals surface area contributed by atoms with Crippen LogP contribution in [0.25, 0.3) is 0 Å². The molecule has 6 atom stereocenters. The normalized spacial score (nSPS) is 15.6. The Labute approximate surface area is 503 Å². The maximum Gasteiger partial charge on any atom is 0.243 e.